The van der Waals surface area contributed by atoms with Crippen LogP contribution >= 0.6 is 0 Å². The average molecular weight is 300 g/mol. The van der Waals surface area contributed by atoms with Gasteiger partial charge in [0.1, 0.15) is 5.69 Å². The molecule has 2 aromatic rings. The van der Waals surface area contributed by atoms with E-state index < -0.39 is 0 Å². The molecule has 0 bridgehead atoms. The normalized spacial score (nSPS) is 10.5. The highest BCUT2D eigenvalue weighted by atomic mass is 16.2. The van der Waals surface area contributed by atoms with Crippen molar-refractivity contribution in [2.75, 3.05) is 5.32 Å². The number of nitrogens with one attached hydrogen (secondary N) is 2. The molecule has 0 saturated heterocycles. The molecule has 0 fully saturated rings. The molecule has 2 N–H and O–H groups in total. The van der Waals surface area contributed by atoms with Crippen LogP contribution in [0.15, 0.2) is 23.5 Å². The van der Waals surface area contributed by atoms with Gasteiger partial charge in [-0.1, -0.05) is 6.08 Å². The summed E-state index contributed by atoms with van der Waals surface area (Å²) in [5, 5.41) is 6.99. The third kappa shape index (κ3) is 2.86. The first-order chi connectivity index (χ1) is 10.3. The topological polar surface area (TPSA) is 79.8 Å². The lowest BCUT2D eigenvalue weighted by atomic mass is 10.1. The highest BCUT2D eigenvalue weighted by molar-refractivity contribution is 6.05. The summed E-state index contributed by atoms with van der Waals surface area (Å²) in [5.41, 5.74) is 3.47. The Bertz CT molecular complexity index is 799. The highest BCUT2D eigenvalue weighted by Crippen LogP contribution is 2.15. The number of pyridine rings is 1. The SMILES string of the molecule is C=CCn1nc(C)c(C(=O)Nc2cc(C)c(C)[nH]c2=O)c1C. The Hall–Kier alpha value is -2.63. The summed E-state index contributed by atoms with van der Waals surface area (Å²) in [6, 6.07) is 1.67. The van der Waals surface area contributed by atoms with Gasteiger partial charge in [-0.05, 0) is 39.3 Å². The quantitative estimate of drug-likeness (QED) is 0.850. The molecule has 116 valence electrons. The Morgan fingerprint density at radius 3 is 2.73 bits per heavy atom. The predicted octanol–water partition coefficient (Wildman–Crippen LogP) is 2.24. The van der Waals surface area contributed by atoms with E-state index in [1.165, 1.54) is 0 Å². The van der Waals surface area contributed by atoms with Gasteiger partial charge < -0.3 is 10.3 Å². The molecule has 0 aromatic carbocycles. The van der Waals surface area contributed by atoms with Crippen molar-refractivity contribution in [3.63, 3.8) is 0 Å². The van der Waals surface area contributed by atoms with Crippen molar-refractivity contribution in [3.8, 4) is 0 Å². The number of H-pyrrole nitrogens is 1. The number of allylic oxidation sites excluding steroid dienone is 1. The van der Waals surface area contributed by atoms with Crippen molar-refractivity contribution in [2.24, 2.45) is 0 Å². The zero-order valence-corrected chi connectivity index (χ0v) is 13.3. The Kier molecular flexibility index (Phi) is 4.30. The highest BCUT2D eigenvalue weighted by Gasteiger charge is 2.19. The van der Waals surface area contributed by atoms with Gasteiger partial charge in [0, 0.05) is 11.4 Å². The number of nitrogens with zero attached hydrogens (tertiary/aromatic N) is 2. The molecule has 22 heavy (non-hydrogen) atoms. The fraction of sp³-hybridized carbons (Fsp3) is 0.312. The number of aromatic amines is 1. The number of rotatable bonds is 4. The first kappa shape index (κ1) is 15.8. The molecule has 0 aliphatic heterocycles. The van der Waals surface area contributed by atoms with Crippen LogP contribution < -0.4 is 10.9 Å². The van der Waals surface area contributed by atoms with Crippen molar-refractivity contribution < 1.29 is 4.79 Å². The molecular weight excluding hydrogens is 280 g/mol. The number of hydrogen-bond acceptors (Lipinski definition) is 3. The van der Waals surface area contributed by atoms with E-state index in [0.29, 0.717) is 17.8 Å². The van der Waals surface area contributed by atoms with Crippen molar-refractivity contribution in [1.82, 2.24) is 14.8 Å². The molecule has 2 heterocycles. The van der Waals surface area contributed by atoms with Gasteiger partial charge in [0.25, 0.3) is 11.5 Å². The molecule has 0 radical (unpaired) electrons. The van der Waals surface area contributed by atoms with Crippen LogP contribution in [-0.4, -0.2) is 20.7 Å². The average Bonchev–Trinajstić information content (AvgIpc) is 2.71. The van der Waals surface area contributed by atoms with Crippen LogP contribution in [0.5, 0.6) is 0 Å². The predicted molar refractivity (Wildman–Crippen MR) is 86.4 cm³/mol. The van der Waals surface area contributed by atoms with Crippen molar-refractivity contribution in [2.45, 2.75) is 34.2 Å². The smallest absolute Gasteiger partial charge is 0.271 e. The van der Waals surface area contributed by atoms with Crippen LogP contribution in [0.3, 0.4) is 0 Å². The van der Waals surface area contributed by atoms with Gasteiger partial charge in [-0.2, -0.15) is 5.10 Å². The Balaban J connectivity index is 2.36. The fourth-order valence-electron chi connectivity index (χ4n) is 2.33. The second-order valence-electron chi connectivity index (χ2n) is 5.29. The second kappa shape index (κ2) is 6.01. The van der Waals surface area contributed by atoms with E-state index in [2.05, 4.69) is 22.0 Å². The Morgan fingerprint density at radius 1 is 1.41 bits per heavy atom. The van der Waals surface area contributed by atoms with Crippen LogP contribution in [-0.2, 0) is 6.54 Å². The summed E-state index contributed by atoms with van der Waals surface area (Å²) >= 11 is 0. The molecule has 2 aromatic heterocycles. The van der Waals surface area contributed by atoms with Crippen LogP contribution in [0.25, 0.3) is 0 Å². The molecule has 2 rings (SSSR count). The van der Waals surface area contributed by atoms with Crippen molar-refractivity contribution in [1.29, 1.82) is 0 Å². The number of aromatic nitrogens is 3. The van der Waals surface area contributed by atoms with E-state index in [4.69, 9.17) is 0 Å². The maximum atomic E-state index is 12.5. The minimum absolute atomic E-state index is 0.239. The van der Waals surface area contributed by atoms with Gasteiger partial charge >= 0.3 is 0 Å². The van der Waals surface area contributed by atoms with Gasteiger partial charge in [0.15, 0.2) is 0 Å². The summed E-state index contributed by atoms with van der Waals surface area (Å²) < 4.78 is 1.71. The lowest BCUT2D eigenvalue weighted by Gasteiger charge is -2.07. The maximum absolute atomic E-state index is 12.5. The van der Waals surface area contributed by atoms with Gasteiger partial charge in [-0.3, -0.25) is 14.3 Å². The van der Waals surface area contributed by atoms with E-state index >= 15 is 0 Å². The lowest BCUT2D eigenvalue weighted by Crippen LogP contribution is -2.21. The minimum Gasteiger partial charge on any atom is -0.324 e. The van der Waals surface area contributed by atoms with Crippen molar-refractivity contribution >= 4 is 11.6 Å². The molecule has 0 aliphatic rings. The molecule has 1 amide bonds. The summed E-state index contributed by atoms with van der Waals surface area (Å²) in [4.78, 5) is 27.1. The first-order valence-electron chi connectivity index (χ1n) is 7.02. The molecule has 0 unspecified atom stereocenters. The number of aryl methyl sites for hydroxylation is 3. The van der Waals surface area contributed by atoms with Gasteiger partial charge in [0.05, 0.1) is 17.8 Å². The fourth-order valence-corrected chi connectivity index (χ4v) is 2.33. The number of anilines is 1. The standard InChI is InChI=1S/C16H20N4O2/c1-6-7-20-12(5)14(11(4)19-20)16(22)18-13-8-9(2)10(3)17-15(13)21/h6,8H,1,7H2,2-5H3,(H,17,21)(H,18,22). The largest absolute Gasteiger partial charge is 0.324 e. The van der Waals surface area contributed by atoms with Gasteiger partial charge in [0.2, 0.25) is 0 Å². The minimum atomic E-state index is -0.334. The van der Waals surface area contributed by atoms with Crippen LogP contribution in [0.2, 0.25) is 0 Å². The first-order valence-corrected chi connectivity index (χ1v) is 7.02. The Morgan fingerprint density at radius 2 is 2.09 bits per heavy atom. The summed E-state index contributed by atoms with van der Waals surface area (Å²) in [7, 11) is 0. The maximum Gasteiger partial charge on any atom is 0.271 e. The molecule has 0 spiro atoms. The molecule has 0 saturated carbocycles. The van der Waals surface area contributed by atoms with E-state index in [1.807, 2.05) is 20.8 Å². The number of carbonyl (C=O) groups excluding carboxylic acids is 1. The molecular formula is C16H20N4O2. The molecule has 0 aliphatic carbocycles. The van der Waals surface area contributed by atoms with Crippen LogP contribution in [0.1, 0.15) is 33.0 Å². The zero-order chi connectivity index (χ0) is 16.4. The van der Waals surface area contributed by atoms with Gasteiger partial charge in [-0.25, -0.2) is 0 Å². The second-order valence-corrected chi connectivity index (χ2v) is 5.29. The molecule has 6 nitrogen and oxygen atoms in total. The van der Waals surface area contributed by atoms with Gasteiger partial charge in [-0.15, -0.1) is 6.58 Å². The number of amides is 1. The number of hydrogen-bond donors (Lipinski definition) is 2. The molecule has 0 atom stereocenters. The van der Waals surface area contributed by atoms with E-state index in [-0.39, 0.29) is 17.2 Å². The summed E-state index contributed by atoms with van der Waals surface area (Å²) in [6.45, 7) is 11.5. The number of carbonyl (C=O) groups is 1. The van der Waals surface area contributed by atoms with Crippen LogP contribution in [0.4, 0.5) is 5.69 Å². The van der Waals surface area contributed by atoms with Crippen molar-refractivity contribution in [3.05, 3.63) is 57.3 Å². The third-order valence-electron chi connectivity index (χ3n) is 3.66. The van der Waals surface area contributed by atoms with E-state index in [9.17, 15) is 9.59 Å². The lowest BCUT2D eigenvalue weighted by molar-refractivity contribution is 0.102. The molecule has 6 heteroatoms. The monoisotopic (exact) mass is 300 g/mol. The van der Waals surface area contributed by atoms with Crippen LogP contribution in [0, 0.1) is 27.7 Å². The third-order valence-corrected chi connectivity index (χ3v) is 3.66. The van der Waals surface area contributed by atoms with E-state index in [1.54, 1.807) is 23.7 Å². The Labute approximate surface area is 128 Å². The van der Waals surface area contributed by atoms with E-state index in [0.717, 1.165) is 17.0 Å². The summed E-state index contributed by atoms with van der Waals surface area (Å²) in [6.07, 6.45) is 1.72. The summed E-state index contributed by atoms with van der Waals surface area (Å²) in [5.74, 6) is -0.334. The zero-order valence-electron chi connectivity index (χ0n) is 13.3.